The van der Waals surface area contributed by atoms with Crippen molar-refractivity contribution in [1.29, 1.82) is 0 Å². The van der Waals surface area contributed by atoms with E-state index in [9.17, 15) is 14.7 Å². The molecule has 11 heteroatoms. The van der Waals surface area contributed by atoms with Crippen molar-refractivity contribution in [2.24, 2.45) is 7.05 Å². The number of aryl methyl sites for hydroxylation is 2. The quantitative estimate of drug-likeness (QED) is 0.414. The van der Waals surface area contributed by atoms with Crippen molar-refractivity contribution in [3.8, 4) is 5.75 Å². The number of nitrogens with zero attached hydrogens (tertiary/aromatic N) is 5. The minimum absolute atomic E-state index is 0.256. The Kier molecular flexibility index (Phi) is 6.65. The molecule has 10 nitrogen and oxygen atoms in total. The maximum absolute atomic E-state index is 12.9. The Labute approximate surface area is 205 Å². The fourth-order valence-electron chi connectivity index (χ4n) is 4.01. The number of amides is 1. The van der Waals surface area contributed by atoms with Crippen molar-refractivity contribution in [3.05, 3.63) is 92.5 Å². The molecule has 35 heavy (non-hydrogen) atoms. The van der Waals surface area contributed by atoms with Crippen LogP contribution in [0.25, 0.3) is 0 Å². The van der Waals surface area contributed by atoms with Crippen LogP contribution in [0, 0.1) is 13.8 Å². The van der Waals surface area contributed by atoms with Gasteiger partial charge >= 0.3 is 0 Å². The Morgan fingerprint density at radius 3 is 2.63 bits per heavy atom. The van der Waals surface area contributed by atoms with Gasteiger partial charge in [-0.05, 0) is 25.5 Å². The third kappa shape index (κ3) is 4.65. The summed E-state index contributed by atoms with van der Waals surface area (Å²) in [5, 5.41) is 17.0. The summed E-state index contributed by atoms with van der Waals surface area (Å²) in [5.41, 5.74) is 1.93. The Hall–Kier alpha value is -4.05. The van der Waals surface area contributed by atoms with Gasteiger partial charge in [-0.1, -0.05) is 41.9 Å². The molecule has 1 aromatic carbocycles. The average molecular weight is 495 g/mol. The molecule has 0 saturated carbocycles. The van der Waals surface area contributed by atoms with Crippen LogP contribution in [-0.2, 0) is 7.05 Å². The van der Waals surface area contributed by atoms with E-state index in [4.69, 9.17) is 21.1 Å². The number of halogens is 1. The monoisotopic (exact) mass is 494 g/mol. The van der Waals surface area contributed by atoms with Crippen molar-refractivity contribution >= 4 is 23.2 Å². The highest BCUT2D eigenvalue weighted by Crippen LogP contribution is 2.40. The second-order valence-electron chi connectivity index (χ2n) is 8.17. The van der Waals surface area contributed by atoms with E-state index in [2.05, 4.69) is 20.4 Å². The highest BCUT2D eigenvalue weighted by molar-refractivity contribution is 6.31. The van der Waals surface area contributed by atoms with Crippen LogP contribution in [0.1, 0.15) is 57.7 Å². The van der Waals surface area contributed by atoms with E-state index >= 15 is 0 Å². The van der Waals surface area contributed by atoms with Gasteiger partial charge in [0.15, 0.2) is 5.69 Å². The lowest BCUT2D eigenvalue weighted by molar-refractivity contribution is 0.101. The number of carbonyl (C=O) groups excluding carboxylic acids is 1. The first kappa shape index (κ1) is 24.1. The van der Waals surface area contributed by atoms with Crippen molar-refractivity contribution in [2.45, 2.75) is 32.6 Å². The van der Waals surface area contributed by atoms with Crippen molar-refractivity contribution < 1.29 is 14.4 Å². The first-order valence-electron chi connectivity index (χ1n) is 10.7. The first-order chi connectivity index (χ1) is 16.7. The number of benzene rings is 1. The standard InChI is InChI=1S/C24H23ClN6O4/c1-12-9-26-14(3)19(28-12)18(16-7-5-6-8-17(16)25)13(2)22-30-20(21(32)24(34)31(22)4)23(33)29-15-10-27-35-11-15/h5-11,13,18,32H,1-4H3,(H,29,33)/t13-,18+/m1/s1. The van der Waals surface area contributed by atoms with Crippen LogP contribution < -0.4 is 10.9 Å². The minimum atomic E-state index is -0.780. The number of hydrogen-bond acceptors (Lipinski definition) is 8. The van der Waals surface area contributed by atoms with Crippen LogP contribution in [0.2, 0.25) is 5.02 Å². The van der Waals surface area contributed by atoms with E-state index in [-0.39, 0.29) is 11.5 Å². The molecule has 3 heterocycles. The maximum atomic E-state index is 12.9. The van der Waals surface area contributed by atoms with E-state index in [0.29, 0.717) is 16.4 Å². The maximum Gasteiger partial charge on any atom is 0.296 e. The summed E-state index contributed by atoms with van der Waals surface area (Å²) in [5.74, 6) is -2.23. The number of carbonyl (C=O) groups is 1. The molecule has 0 fully saturated rings. The molecule has 0 aliphatic heterocycles. The highest BCUT2D eigenvalue weighted by atomic mass is 35.5. The van der Waals surface area contributed by atoms with Crippen LogP contribution in [-0.4, -0.2) is 35.7 Å². The zero-order chi connectivity index (χ0) is 25.3. The SMILES string of the molecule is Cc1cnc(C)c([C@H](c2ccccc2Cl)[C@@H](C)c2nc(C(=O)Nc3cnoc3)c(O)c(=O)n2C)n1. The number of hydrogen-bond donors (Lipinski definition) is 2. The molecule has 0 bridgehead atoms. The van der Waals surface area contributed by atoms with Crippen LogP contribution in [0.3, 0.4) is 0 Å². The molecule has 0 aliphatic carbocycles. The van der Waals surface area contributed by atoms with Crippen molar-refractivity contribution in [2.75, 3.05) is 5.32 Å². The molecule has 4 aromatic rings. The Morgan fingerprint density at radius 2 is 1.94 bits per heavy atom. The van der Waals surface area contributed by atoms with Gasteiger partial charge in [-0.25, -0.2) is 4.98 Å². The summed E-state index contributed by atoms with van der Waals surface area (Å²) in [6.07, 6.45) is 4.17. The molecule has 1 amide bonds. The van der Waals surface area contributed by atoms with Crippen LogP contribution >= 0.6 is 11.6 Å². The number of rotatable bonds is 6. The van der Waals surface area contributed by atoms with Crippen molar-refractivity contribution in [1.82, 2.24) is 24.7 Å². The first-order valence-corrected chi connectivity index (χ1v) is 11.1. The lowest BCUT2D eigenvalue weighted by Crippen LogP contribution is -2.30. The zero-order valence-electron chi connectivity index (χ0n) is 19.5. The third-order valence-electron chi connectivity index (χ3n) is 5.76. The molecule has 0 aliphatic rings. The van der Waals surface area contributed by atoms with E-state index in [1.807, 2.05) is 39.0 Å². The molecule has 180 valence electrons. The second kappa shape index (κ2) is 9.67. The van der Waals surface area contributed by atoms with E-state index in [1.54, 1.807) is 12.3 Å². The summed E-state index contributed by atoms with van der Waals surface area (Å²) in [6, 6.07) is 7.34. The Morgan fingerprint density at radius 1 is 1.20 bits per heavy atom. The Bertz CT molecular complexity index is 1450. The molecule has 3 aromatic heterocycles. The number of anilines is 1. The second-order valence-corrected chi connectivity index (χ2v) is 8.58. The largest absolute Gasteiger partial charge is 0.501 e. The summed E-state index contributed by atoms with van der Waals surface area (Å²) >= 11 is 6.59. The summed E-state index contributed by atoms with van der Waals surface area (Å²) < 4.78 is 5.93. The van der Waals surface area contributed by atoms with Gasteiger partial charge in [-0.3, -0.25) is 24.1 Å². The third-order valence-corrected chi connectivity index (χ3v) is 6.11. The minimum Gasteiger partial charge on any atom is -0.501 e. The number of nitrogens with one attached hydrogen (secondary N) is 1. The topological polar surface area (TPSA) is 136 Å². The van der Waals surface area contributed by atoms with Crippen LogP contribution in [0.15, 0.2) is 52.2 Å². The molecule has 0 radical (unpaired) electrons. The van der Waals surface area contributed by atoms with E-state index < -0.39 is 34.7 Å². The van der Waals surface area contributed by atoms with Gasteiger partial charge in [-0.2, -0.15) is 0 Å². The number of aromatic nitrogens is 5. The van der Waals surface area contributed by atoms with Gasteiger partial charge in [0.05, 0.1) is 23.3 Å². The summed E-state index contributed by atoms with van der Waals surface area (Å²) in [7, 11) is 1.49. The highest BCUT2D eigenvalue weighted by Gasteiger charge is 2.32. The molecule has 0 spiro atoms. The van der Waals surface area contributed by atoms with Gasteiger partial charge in [-0.15, -0.1) is 0 Å². The molecule has 4 rings (SSSR count). The molecule has 0 saturated heterocycles. The van der Waals surface area contributed by atoms with Crippen LogP contribution in [0.5, 0.6) is 5.75 Å². The Balaban J connectivity index is 1.88. The zero-order valence-corrected chi connectivity index (χ0v) is 20.2. The lowest BCUT2D eigenvalue weighted by atomic mass is 9.82. The fourth-order valence-corrected chi connectivity index (χ4v) is 4.26. The lowest BCUT2D eigenvalue weighted by Gasteiger charge is -2.27. The average Bonchev–Trinajstić information content (AvgIpc) is 3.34. The number of aromatic hydroxyl groups is 1. The van der Waals surface area contributed by atoms with Gasteiger partial charge < -0.3 is 14.9 Å². The van der Waals surface area contributed by atoms with Crippen LogP contribution in [0.4, 0.5) is 5.69 Å². The van der Waals surface area contributed by atoms with E-state index in [0.717, 1.165) is 11.3 Å². The van der Waals surface area contributed by atoms with Gasteiger partial charge in [0, 0.05) is 30.1 Å². The molecular weight excluding hydrogens is 472 g/mol. The molecule has 0 unspecified atom stereocenters. The molecular formula is C24H23ClN6O4. The fraction of sp³-hybridized carbons (Fsp3) is 0.250. The van der Waals surface area contributed by atoms with Gasteiger partial charge in [0.1, 0.15) is 17.8 Å². The van der Waals surface area contributed by atoms with Crippen molar-refractivity contribution in [3.63, 3.8) is 0 Å². The predicted molar refractivity (Wildman–Crippen MR) is 129 cm³/mol. The van der Waals surface area contributed by atoms with Gasteiger partial charge in [0.2, 0.25) is 5.75 Å². The molecule has 2 N–H and O–H groups in total. The summed E-state index contributed by atoms with van der Waals surface area (Å²) in [6.45, 7) is 5.55. The smallest absolute Gasteiger partial charge is 0.296 e. The summed E-state index contributed by atoms with van der Waals surface area (Å²) in [4.78, 5) is 39.4. The normalized spacial score (nSPS) is 12.8. The molecule has 2 atom stereocenters. The van der Waals surface area contributed by atoms with E-state index in [1.165, 1.54) is 24.1 Å². The van der Waals surface area contributed by atoms with Gasteiger partial charge in [0.25, 0.3) is 11.5 Å². The predicted octanol–water partition coefficient (Wildman–Crippen LogP) is 3.72.